The number of hydrogen-bond donors (Lipinski definition) is 3. The first-order chi connectivity index (χ1) is 17.6. The van der Waals surface area contributed by atoms with Gasteiger partial charge in [-0.15, -0.1) is 0 Å². The largest absolute Gasteiger partial charge is 0.379 e. The van der Waals surface area contributed by atoms with Gasteiger partial charge in [0, 0.05) is 50.7 Å². The van der Waals surface area contributed by atoms with E-state index in [1.807, 2.05) is 16.4 Å². The van der Waals surface area contributed by atoms with Crippen LogP contribution in [0.3, 0.4) is 0 Å². The highest BCUT2D eigenvalue weighted by Gasteiger charge is 2.41. The van der Waals surface area contributed by atoms with Crippen LogP contribution in [0.2, 0.25) is 0 Å². The number of ether oxygens (including phenoxy) is 1. The molecule has 1 atom stereocenters. The zero-order valence-electron chi connectivity index (χ0n) is 21.7. The Morgan fingerprint density at radius 2 is 1.86 bits per heavy atom. The molecule has 10 heteroatoms. The summed E-state index contributed by atoms with van der Waals surface area (Å²) in [6, 6.07) is 3.65. The van der Waals surface area contributed by atoms with E-state index in [2.05, 4.69) is 20.5 Å². The van der Waals surface area contributed by atoms with Gasteiger partial charge in [0.25, 0.3) is 0 Å². The summed E-state index contributed by atoms with van der Waals surface area (Å²) in [6.45, 7) is 6.27. The van der Waals surface area contributed by atoms with Crippen molar-refractivity contribution in [3.05, 3.63) is 30.1 Å². The molecule has 1 aliphatic carbocycles. The van der Waals surface area contributed by atoms with Gasteiger partial charge in [-0.2, -0.15) is 4.31 Å². The first-order valence-corrected chi connectivity index (χ1v) is 14.7. The summed E-state index contributed by atoms with van der Waals surface area (Å²) >= 11 is -1.93. The summed E-state index contributed by atoms with van der Waals surface area (Å²) in [5.74, 6) is 0. The van der Waals surface area contributed by atoms with Crippen molar-refractivity contribution in [3.63, 3.8) is 0 Å². The maximum atomic E-state index is 12.3. The fourth-order valence-corrected chi connectivity index (χ4v) is 6.35. The van der Waals surface area contributed by atoms with E-state index < -0.39 is 11.3 Å². The number of hydrogen-bond acceptors (Lipinski definition) is 5. The maximum Gasteiger partial charge on any atom is 0.315 e. The number of amides is 2. The number of carbonyl (C=O) groups is 1. The van der Waals surface area contributed by atoms with Crippen molar-refractivity contribution in [2.75, 3.05) is 45.9 Å². The number of nitrogens with one attached hydrogen (secondary N) is 2. The molecule has 1 saturated heterocycles. The monoisotopic (exact) mass is 523 g/mol. The molecule has 0 aromatic carbocycles. The molecule has 1 aromatic heterocycles. The van der Waals surface area contributed by atoms with Crippen molar-refractivity contribution < 1.29 is 18.3 Å². The molecule has 0 radical (unpaired) electrons. The minimum absolute atomic E-state index is 0.126. The van der Waals surface area contributed by atoms with E-state index in [1.165, 1.54) is 0 Å². The highest BCUT2D eigenvalue weighted by atomic mass is 32.2. The Kier molecular flexibility index (Phi) is 13.1. The third-order valence-corrected chi connectivity index (χ3v) is 8.42. The van der Waals surface area contributed by atoms with Gasteiger partial charge in [-0.1, -0.05) is 44.6 Å². The Hall–Kier alpha value is -1.59. The summed E-state index contributed by atoms with van der Waals surface area (Å²) in [4.78, 5) is 18.4. The molecule has 0 spiro atoms. The molecule has 3 N–H and O–H groups in total. The van der Waals surface area contributed by atoms with Crippen LogP contribution >= 0.6 is 0 Å². The average molecular weight is 524 g/mol. The Balaban J connectivity index is 1.28. The average Bonchev–Trinajstić information content (AvgIpc) is 3.37. The van der Waals surface area contributed by atoms with E-state index in [0.29, 0.717) is 19.6 Å². The van der Waals surface area contributed by atoms with Gasteiger partial charge >= 0.3 is 6.03 Å². The second-order valence-electron chi connectivity index (χ2n) is 10.1. The number of unbranched alkanes of at least 4 members (excludes halogenated alkanes) is 4. The minimum Gasteiger partial charge on any atom is -0.379 e. The van der Waals surface area contributed by atoms with Gasteiger partial charge in [-0.3, -0.25) is 14.4 Å². The summed E-state index contributed by atoms with van der Waals surface area (Å²) < 4.78 is 29.8. The molecule has 2 heterocycles. The summed E-state index contributed by atoms with van der Waals surface area (Å²) in [5, 5.41) is 5.77. The number of pyridine rings is 1. The van der Waals surface area contributed by atoms with Gasteiger partial charge in [0.1, 0.15) is 0 Å². The van der Waals surface area contributed by atoms with Crippen molar-refractivity contribution in [3.8, 4) is 0 Å². The van der Waals surface area contributed by atoms with E-state index in [0.717, 1.165) is 109 Å². The zero-order chi connectivity index (χ0) is 25.5. The first kappa shape index (κ1) is 29.0. The molecule has 1 aliphatic heterocycles. The molecular weight excluding hydrogens is 478 g/mol. The Bertz CT molecular complexity index is 773. The lowest BCUT2D eigenvalue weighted by Gasteiger charge is -2.39. The van der Waals surface area contributed by atoms with Crippen LogP contribution < -0.4 is 10.6 Å². The zero-order valence-corrected chi connectivity index (χ0v) is 22.5. The third kappa shape index (κ3) is 10.0. The van der Waals surface area contributed by atoms with Gasteiger partial charge in [0.05, 0.1) is 13.2 Å². The topological polar surface area (TPSA) is 107 Å². The van der Waals surface area contributed by atoms with E-state index in [9.17, 15) is 13.6 Å². The van der Waals surface area contributed by atoms with Gasteiger partial charge in [-0.25, -0.2) is 9.00 Å². The lowest BCUT2D eigenvalue weighted by atomic mass is 9.89. The molecule has 3 rings (SSSR count). The van der Waals surface area contributed by atoms with Gasteiger partial charge in [0.15, 0.2) is 0 Å². The van der Waals surface area contributed by atoms with Crippen molar-refractivity contribution >= 4 is 17.3 Å². The second-order valence-corrected chi connectivity index (χ2v) is 11.0. The summed E-state index contributed by atoms with van der Waals surface area (Å²) in [7, 11) is 0. The molecule has 1 aromatic rings. The predicted molar refractivity (Wildman–Crippen MR) is 143 cm³/mol. The first-order valence-electron chi connectivity index (χ1n) is 13.7. The van der Waals surface area contributed by atoms with Crippen molar-refractivity contribution in [1.29, 1.82) is 0 Å². The van der Waals surface area contributed by atoms with Crippen molar-refractivity contribution in [2.24, 2.45) is 0 Å². The highest BCUT2D eigenvalue weighted by molar-refractivity contribution is 7.76. The molecule has 1 saturated carbocycles. The SMILES string of the molecule is O=C(NCCCCCCCC1(N(CCCN2CCOCC2)S(=O)O)CCCC1)NCc1cccnc1. The normalized spacial score (nSPS) is 18.8. The second kappa shape index (κ2) is 16.3. The van der Waals surface area contributed by atoms with Crippen LogP contribution in [0.5, 0.6) is 0 Å². The van der Waals surface area contributed by atoms with E-state index >= 15 is 0 Å². The van der Waals surface area contributed by atoms with Crippen LogP contribution in [-0.4, -0.2) is 80.5 Å². The van der Waals surface area contributed by atoms with Crippen LogP contribution in [-0.2, 0) is 22.5 Å². The molecule has 0 bridgehead atoms. The smallest absolute Gasteiger partial charge is 0.315 e. The van der Waals surface area contributed by atoms with E-state index in [4.69, 9.17) is 4.74 Å². The number of nitrogens with zero attached hydrogens (tertiary/aromatic N) is 3. The number of rotatable bonds is 16. The van der Waals surface area contributed by atoms with Crippen molar-refractivity contribution in [1.82, 2.24) is 24.8 Å². The predicted octanol–water partition coefficient (Wildman–Crippen LogP) is 3.70. The molecule has 2 aliphatic rings. The minimum atomic E-state index is -1.93. The number of aromatic nitrogens is 1. The maximum absolute atomic E-state index is 12.3. The standard InChI is InChI=1S/C26H45N5O4S/c32-25(29-23-24-10-8-14-27-22-24)28-15-7-3-1-2-4-11-26(12-5-6-13-26)31(36(33)34)17-9-16-30-18-20-35-21-19-30/h8,10,14,22H,1-7,9,11-13,15-21,23H2,(H,33,34)(H2,28,29,32). The van der Waals surface area contributed by atoms with Crippen LogP contribution in [0.15, 0.2) is 24.5 Å². The quantitative estimate of drug-likeness (QED) is 0.225. The van der Waals surface area contributed by atoms with E-state index in [1.54, 1.807) is 12.4 Å². The Morgan fingerprint density at radius 3 is 2.58 bits per heavy atom. The molecule has 204 valence electrons. The third-order valence-electron chi connectivity index (χ3n) is 7.47. The Morgan fingerprint density at radius 1 is 1.11 bits per heavy atom. The lowest BCUT2D eigenvalue weighted by molar-refractivity contribution is 0.0356. The van der Waals surface area contributed by atoms with Crippen LogP contribution in [0.1, 0.15) is 76.2 Å². The summed E-state index contributed by atoms with van der Waals surface area (Å²) in [6.07, 6.45) is 15.1. The summed E-state index contributed by atoms with van der Waals surface area (Å²) in [5.41, 5.74) is 0.854. The van der Waals surface area contributed by atoms with Gasteiger partial charge in [0.2, 0.25) is 11.3 Å². The number of morpholine rings is 1. The van der Waals surface area contributed by atoms with Crippen LogP contribution in [0.25, 0.3) is 0 Å². The van der Waals surface area contributed by atoms with E-state index in [-0.39, 0.29) is 11.6 Å². The van der Waals surface area contributed by atoms with Crippen LogP contribution in [0, 0.1) is 0 Å². The number of carbonyl (C=O) groups excluding carboxylic acids is 1. The Labute approximate surface area is 219 Å². The molecule has 9 nitrogen and oxygen atoms in total. The van der Waals surface area contributed by atoms with Crippen molar-refractivity contribution in [2.45, 2.75) is 82.7 Å². The molecular formula is C26H45N5O4S. The van der Waals surface area contributed by atoms with Crippen LogP contribution in [0.4, 0.5) is 4.79 Å². The molecule has 2 amide bonds. The number of urea groups is 1. The van der Waals surface area contributed by atoms with Gasteiger partial charge < -0.3 is 15.4 Å². The molecule has 1 unspecified atom stereocenters. The molecule has 2 fully saturated rings. The fourth-order valence-electron chi connectivity index (χ4n) is 5.46. The van der Waals surface area contributed by atoms with Gasteiger partial charge in [-0.05, 0) is 50.3 Å². The lowest BCUT2D eigenvalue weighted by Crippen LogP contribution is -2.48. The molecule has 36 heavy (non-hydrogen) atoms. The fraction of sp³-hybridized carbons (Fsp3) is 0.769. The highest BCUT2D eigenvalue weighted by Crippen LogP contribution is 2.40.